The molecule has 0 aromatic carbocycles. The lowest BCUT2D eigenvalue weighted by Gasteiger charge is -2.07. The quantitative estimate of drug-likeness (QED) is 0.590. The van der Waals surface area contributed by atoms with Crippen molar-refractivity contribution in [2.75, 3.05) is 59.1 Å². The van der Waals surface area contributed by atoms with Gasteiger partial charge in [0.05, 0.1) is 33.0 Å². The van der Waals surface area contributed by atoms with Crippen molar-refractivity contribution in [2.45, 2.75) is 0 Å². The number of methoxy groups -OCH3 is 1. The van der Waals surface area contributed by atoms with Crippen LogP contribution in [0.5, 0.6) is 5.88 Å². The van der Waals surface area contributed by atoms with Crippen molar-refractivity contribution in [3.8, 4) is 5.88 Å². The molecular weight excluding hydrogens is 250 g/mol. The summed E-state index contributed by atoms with van der Waals surface area (Å²) >= 11 is 0. The molecule has 0 aliphatic heterocycles. The Labute approximate surface area is 113 Å². The minimum atomic E-state index is 0.443. The number of aromatic nitrogens is 2. The van der Waals surface area contributed by atoms with Crippen LogP contribution in [0.1, 0.15) is 0 Å². The van der Waals surface area contributed by atoms with E-state index < -0.39 is 0 Å². The summed E-state index contributed by atoms with van der Waals surface area (Å²) in [7, 11) is 3.43. The largest absolute Gasteiger partial charge is 0.475 e. The second-order valence-electron chi connectivity index (χ2n) is 3.56. The van der Waals surface area contributed by atoms with Crippen molar-refractivity contribution in [3.05, 3.63) is 12.4 Å². The lowest BCUT2D eigenvalue weighted by Crippen LogP contribution is -2.12. The first kappa shape index (κ1) is 15.6. The summed E-state index contributed by atoms with van der Waals surface area (Å²) in [5, 5.41) is 2.91. The Morgan fingerprint density at radius 3 is 2.37 bits per heavy atom. The molecule has 0 saturated carbocycles. The summed E-state index contributed by atoms with van der Waals surface area (Å²) in [6.45, 7) is 3.22. The average molecular weight is 271 g/mol. The van der Waals surface area contributed by atoms with Gasteiger partial charge in [-0.2, -0.15) is 0 Å². The molecule has 0 bridgehead atoms. The monoisotopic (exact) mass is 271 g/mol. The lowest BCUT2D eigenvalue weighted by molar-refractivity contribution is 0.0176. The molecule has 7 nitrogen and oxygen atoms in total. The number of nitrogens with one attached hydrogen (secondary N) is 1. The van der Waals surface area contributed by atoms with Crippen molar-refractivity contribution in [1.82, 2.24) is 9.97 Å². The van der Waals surface area contributed by atoms with Gasteiger partial charge < -0.3 is 24.3 Å². The van der Waals surface area contributed by atoms with Gasteiger partial charge in [-0.3, -0.25) is 0 Å². The molecular formula is C12H21N3O4. The molecule has 0 atom stereocenters. The van der Waals surface area contributed by atoms with E-state index in [-0.39, 0.29) is 0 Å². The van der Waals surface area contributed by atoms with Crippen LogP contribution >= 0.6 is 0 Å². The van der Waals surface area contributed by atoms with E-state index in [0.717, 1.165) is 5.82 Å². The van der Waals surface area contributed by atoms with E-state index in [4.69, 9.17) is 18.9 Å². The third-order valence-electron chi connectivity index (χ3n) is 2.18. The van der Waals surface area contributed by atoms with Crippen LogP contribution < -0.4 is 10.1 Å². The maximum Gasteiger partial charge on any atom is 0.218 e. The van der Waals surface area contributed by atoms with Crippen molar-refractivity contribution in [1.29, 1.82) is 0 Å². The molecule has 0 fully saturated rings. The van der Waals surface area contributed by atoms with Gasteiger partial charge in [0.15, 0.2) is 0 Å². The predicted octanol–water partition coefficient (Wildman–Crippen LogP) is 0.577. The standard InChI is InChI=1S/C12H21N3O4/c1-13-11-9-12(15-10-14-11)19-8-7-18-6-5-17-4-3-16-2/h9-10H,3-8H2,1-2H3,(H,13,14,15). The number of anilines is 1. The first-order valence-corrected chi connectivity index (χ1v) is 6.14. The molecule has 1 heterocycles. The van der Waals surface area contributed by atoms with Gasteiger partial charge in [-0.1, -0.05) is 0 Å². The highest BCUT2D eigenvalue weighted by Gasteiger charge is 1.98. The molecule has 0 saturated heterocycles. The maximum absolute atomic E-state index is 5.42. The van der Waals surface area contributed by atoms with Crippen molar-refractivity contribution < 1.29 is 18.9 Å². The highest BCUT2D eigenvalue weighted by molar-refractivity contribution is 5.35. The van der Waals surface area contributed by atoms with Crippen LogP contribution in [0.2, 0.25) is 0 Å². The second-order valence-corrected chi connectivity index (χ2v) is 3.56. The van der Waals surface area contributed by atoms with Gasteiger partial charge in [0, 0.05) is 20.2 Å². The first-order chi connectivity index (χ1) is 9.36. The zero-order chi connectivity index (χ0) is 13.8. The fraction of sp³-hybridized carbons (Fsp3) is 0.667. The fourth-order valence-electron chi connectivity index (χ4n) is 1.22. The molecule has 1 aromatic heterocycles. The minimum Gasteiger partial charge on any atom is -0.475 e. The summed E-state index contributed by atoms with van der Waals surface area (Å²) in [5.41, 5.74) is 0. The molecule has 0 aliphatic rings. The normalized spacial score (nSPS) is 10.4. The topological polar surface area (TPSA) is 74.7 Å². The Morgan fingerprint density at radius 1 is 1.00 bits per heavy atom. The molecule has 1 rings (SSSR count). The van der Waals surface area contributed by atoms with Gasteiger partial charge in [0.1, 0.15) is 18.8 Å². The van der Waals surface area contributed by atoms with Crippen LogP contribution in [-0.4, -0.2) is 63.8 Å². The summed E-state index contributed by atoms with van der Waals surface area (Å²) < 4.78 is 20.9. The second kappa shape index (κ2) is 10.5. The van der Waals surface area contributed by atoms with E-state index in [0.29, 0.717) is 45.5 Å². The van der Waals surface area contributed by atoms with Crippen LogP contribution in [0.4, 0.5) is 5.82 Å². The smallest absolute Gasteiger partial charge is 0.218 e. The van der Waals surface area contributed by atoms with Crippen LogP contribution in [0.25, 0.3) is 0 Å². The van der Waals surface area contributed by atoms with Crippen LogP contribution in [-0.2, 0) is 14.2 Å². The Kier molecular flexibility index (Phi) is 8.61. The van der Waals surface area contributed by atoms with E-state index in [1.165, 1.54) is 6.33 Å². The molecule has 19 heavy (non-hydrogen) atoms. The average Bonchev–Trinajstić information content (AvgIpc) is 2.46. The minimum absolute atomic E-state index is 0.443. The fourth-order valence-corrected chi connectivity index (χ4v) is 1.22. The zero-order valence-electron chi connectivity index (χ0n) is 11.4. The summed E-state index contributed by atoms with van der Waals surface area (Å²) in [5.74, 6) is 1.25. The molecule has 7 heteroatoms. The molecule has 0 amide bonds. The van der Waals surface area contributed by atoms with E-state index >= 15 is 0 Å². The Bertz CT molecular complexity index is 339. The molecule has 0 spiro atoms. The van der Waals surface area contributed by atoms with Crippen molar-refractivity contribution in [3.63, 3.8) is 0 Å². The van der Waals surface area contributed by atoms with Gasteiger partial charge in [-0.15, -0.1) is 0 Å². The van der Waals surface area contributed by atoms with Crippen LogP contribution in [0, 0.1) is 0 Å². The molecule has 0 radical (unpaired) electrons. The SMILES string of the molecule is CNc1cc(OCCOCCOCCOC)ncn1. The zero-order valence-corrected chi connectivity index (χ0v) is 11.4. The third-order valence-corrected chi connectivity index (χ3v) is 2.18. The summed E-state index contributed by atoms with van der Waals surface area (Å²) in [6.07, 6.45) is 1.45. The van der Waals surface area contributed by atoms with Crippen LogP contribution in [0.3, 0.4) is 0 Å². The highest BCUT2D eigenvalue weighted by atomic mass is 16.6. The number of hydrogen-bond donors (Lipinski definition) is 1. The molecule has 108 valence electrons. The van der Waals surface area contributed by atoms with Gasteiger partial charge in [-0.05, 0) is 0 Å². The molecule has 0 aliphatic carbocycles. The highest BCUT2D eigenvalue weighted by Crippen LogP contribution is 2.09. The predicted molar refractivity (Wildman–Crippen MR) is 70.6 cm³/mol. The van der Waals surface area contributed by atoms with Gasteiger partial charge in [0.25, 0.3) is 0 Å². The van der Waals surface area contributed by atoms with Gasteiger partial charge in [-0.25, -0.2) is 9.97 Å². The summed E-state index contributed by atoms with van der Waals surface area (Å²) in [6, 6.07) is 1.73. The number of hydrogen-bond acceptors (Lipinski definition) is 7. The number of nitrogens with zero attached hydrogens (tertiary/aromatic N) is 2. The molecule has 1 aromatic rings. The van der Waals surface area contributed by atoms with E-state index in [2.05, 4.69) is 15.3 Å². The summed E-state index contributed by atoms with van der Waals surface area (Å²) in [4.78, 5) is 7.98. The number of rotatable bonds is 11. The maximum atomic E-state index is 5.42. The lowest BCUT2D eigenvalue weighted by atomic mass is 10.5. The van der Waals surface area contributed by atoms with E-state index in [1.54, 1.807) is 20.2 Å². The molecule has 0 unspecified atom stereocenters. The third kappa shape index (κ3) is 7.55. The first-order valence-electron chi connectivity index (χ1n) is 6.14. The molecule has 1 N–H and O–H groups in total. The van der Waals surface area contributed by atoms with E-state index in [9.17, 15) is 0 Å². The van der Waals surface area contributed by atoms with Crippen LogP contribution in [0.15, 0.2) is 12.4 Å². The Hall–Kier alpha value is -1.44. The number of ether oxygens (including phenoxy) is 4. The van der Waals surface area contributed by atoms with Crippen molar-refractivity contribution in [2.24, 2.45) is 0 Å². The Balaban J connectivity index is 1.98. The van der Waals surface area contributed by atoms with Gasteiger partial charge in [0.2, 0.25) is 5.88 Å². The Morgan fingerprint density at radius 2 is 1.68 bits per heavy atom. The van der Waals surface area contributed by atoms with Crippen molar-refractivity contribution >= 4 is 5.82 Å². The van der Waals surface area contributed by atoms with E-state index in [1.807, 2.05) is 0 Å². The van der Waals surface area contributed by atoms with Gasteiger partial charge >= 0.3 is 0 Å².